The quantitative estimate of drug-likeness (QED) is 0.0261. The van der Waals surface area contributed by atoms with Gasteiger partial charge in [0.1, 0.15) is 13.2 Å². The number of hydrogen-bond acceptors (Lipinski definition) is 6. The Morgan fingerprint density at radius 2 is 0.547 bits per heavy atom. The number of ether oxygens (including phenoxy) is 3. The van der Waals surface area contributed by atoms with Gasteiger partial charge in [0.2, 0.25) is 0 Å². The van der Waals surface area contributed by atoms with Crippen molar-refractivity contribution < 1.29 is 28.6 Å². The molecule has 0 aromatic rings. The fourth-order valence-corrected chi connectivity index (χ4v) is 8.55. The maximum absolute atomic E-state index is 12.9. The lowest BCUT2D eigenvalue weighted by atomic mass is 10.1. The lowest BCUT2D eigenvalue weighted by Gasteiger charge is -2.18. The van der Waals surface area contributed by atoms with E-state index in [1.807, 2.05) is 6.08 Å². The Bertz CT molecular complexity index is 1520. The molecular formula is C69H116O6. The second kappa shape index (κ2) is 62.6. The van der Waals surface area contributed by atoms with Crippen LogP contribution in [0.4, 0.5) is 0 Å². The van der Waals surface area contributed by atoms with Crippen LogP contribution in [0.15, 0.2) is 109 Å². The van der Waals surface area contributed by atoms with Crippen molar-refractivity contribution >= 4 is 17.9 Å². The molecule has 0 bridgehead atoms. The van der Waals surface area contributed by atoms with Gasteiger partial charge in [-0.1, -0.05) is 265 Å². The van der Waals surface area contributed by atoms with E-state index in [0.29, 0.717) is 19.3 Å². The van der Waals surface area contributed by atoms with E-state index in [1.54, 1.807) is 0 Å². The van der Waals surface area contributed by atoms with Gasteiger partial charge in [0.25, 0.3) is 0 Å². The molecule has 6 nitrogen and oxygen atoms in total. The first-order chi connectivity index (χ1) is 37.0. The minimum absolute atomic E-state index is 0.104. The summed E-state index contributed by atoms with van der Waals surface area (Å²) in [6.45, 7) is 6.45. The van der Waals surface area contributed by atoms with Crippen LogP contribution >= 0.6 is 0 Å². The third-order valence-corrected chi connectivity index (χ3v) is 13.2. The highest BCUT2D eigenvalue weighted by Crippen LogP contribution is 2.15. The topological polar surface area (TPSA) is 78.9 Å². The van der Waals surface area contributed by atoms with E-state index in [2.05, 4.69) is 124 Å². The van der Waals surface area contributed by atoms with Crippen LogP contribution in [0.25, 0.3) is 0 Å². The second-order valence-electron chi connectivity index (χ2n) is 20.6. The summed E-state index contributed by atoms with van der Waals surface area (Å²) in [5, 5.41) is 0. The maximum atomic E-state index is 12.9. The number of rotatable bonds is 56. The Labute approximate surface area is 463 Å². The molecule has 0 aromatic carbocycles. The molecule has 0 aromatic heterocycles. The molecule has 0 radical (unpaired) electrons. The smallest absolute Gasteiger partial charge is 0.306 e. The molecule has 1 atom stereocenters. The van der Waals surface area contributed by atoms with Gasteiger partial charge in [-0.15, -0.1) is 0 Å². The number of allylic oxidation sites excluding steroid dienone is 18. The minimum Gasteiger partial charge on any atom is -0.462 e. The molecule has 0 fully saturated rings. The summed E-state index contributed by atoms with van der Waals surface area (Å²) in [6, 6.07) is 0. The summed E-state index contributed by atoms with van der Waals surface area (Å²) < 4.78 is 16.9. The Kier molecular flexibility index (Phi) is 59.3. The average molecular weight is 1040 g/mol. The van der Waals surface area contributed by atoms with Crippen molar-refractivity contribution in [1.82, 2.24) is 0 Å². The number of carbonyl (C=O) groups excluding carboxylic acids is 3. The van der Waals surface area contributed by atoms with Gasteiger partial charge in [0, 0.05) is 19.3 Å². The number of carbonyl (C=O) groups is 3. The molecule has 75 heavy (non-hydrogen) atoms. The Morgan fingerprint density at radius 3 is 0.933 bits per heavy atom. The van der Waals surface area contributed by atoms with Crippen molar-refractivity contribution in [2.75, 3.05) is 13.2 Å². The van der Waals surface area contributed by atoms with E-state index in [1.165, 1.54) is 161 Å². The summed E-state index contributed by atoms with van der Waals surface area (Å²) in [6.07, 6.45) is 85.2. The zero-order chi connectivity index (χ0) is 54.3. The average Bonchev–Trinajstić information content (AvgIpc) is 3.41. The fraction of sp³-hybridized carbons (Fsp3) is 0.696. The standard InChI is InChI=1S/C69H116O6/c1-4-7-10-13-16-19-22-25-28-31-34-37-40-43-46-49-52-55-58-61-67(70)73-64-66(75-69(72)63-60-57-54-51-48-45-42-39-36-33-30-27-24-21-18-15-12-9-6-3)65-74-68(71)62-59-56-53-50-47-44-41-38-35-32-29-26-23-20-17-14-11-8-5-2/h7,10,16,18-19,21,25-30,34,37,43,46,52,55,66H,4-6,8-9,11-15,17,20,22-24,31-33,35-36,38-42,44-45,47-51,53-54,56-65H2,1-3H3/b10-7+,19-16+,21-18+,28-25+,29-26+,30-27+,37-34+,46-43+,55-52+/t66-/m0/s1. The molecule has 0 spiro atoms. The summed E-state index contributed by atoms with van der Waals surface area (Å²) in [5.74, 6) is -0.992. The van der Waals surface area contributed by atoms with Gasteiger partial charge in [-0.2, -0.15) is 0 Å². The molecule has 0 saturated heterocycles. The van der Waals surface area contributed by atoms with Crippen molar-refractivity contribution in [2.24, 2.45) is 0 Å². The second-order valence-corrected chi connectivity index (χ2v) is 20.6. The first-order valence-electron chi connectivity index (χ1n) is 31.4. The van der Waals surface area contributed by atoms with Crippen LogP contribution in [-0.2, 0) is 28.6 Å². The van der Waals surface area contributed by atoms with Crippen LogP contribution in [0.3, 0.4) is 0 Å². The van der Waals surface area contributed by atoms with Crippen molar-refractivity contribution in [1.29, 1.82) is 0 Å². The Hall–Kier alpha value is -3.93. The molecule has 0 aliphatic rings. The van der Waals surface area contributed by atoms with Crippen LogP contribution < -0.4 is 0 Å². The van der Waals surface area contributed by atoms with Gasteiger partial charge < -0.3 is 14.2 Å². The molecule has 428 valence electrons. The van der Waals surface area contributed by atoms with Crippen LogP contribution in [-0.4, -0.2) is 37.2 Å². The third kappa shape index (κ3) is 60.8. The molecule has 0 heterocycles. The highest BCUT2D eigenvalue weighted by atomic mass is 16.6. The van der Waals surface area contributed by atoms with E-state index in [-0.39, 0.29) is 37.5 Å². The van der Waals surface area contributed by atoms with Crippen molar-refractivity contribution in [3.63, 3.8) is 0 Å². The van der Waals surface area contributed by atoms with Gasteiger partial charge in [-0.3, -0.25) is 14.4 Å². The molecule has 0 saturated carbocycles. The fourth-order valence-electron chi connectivity index (χ4n) is 8.55. The summed E-state index contributed by atoms with van der Waals surface area (Å²) >= 11 is 0. The minimum atomic E-state index is -0.815. The number of esters is 3. The van der Waals surface area contributed by atoms with Gasteiger partial charge in [0.15, 0.2) is 6.10 Å². The van der Waals surface area contributed by atoms with E-state index >= 15 is 0 Å². The molecule has 0 aliphatic carbocycles. The van der Waals surface area contributed by atoms with E-state index in [9.17, 15) is 14.4 Å². The van der Waals surface area contributed by atoms with E-state index in [4.69, 9.17) is 14.2 Å². The van der Waals surface area contributed by atoms with Crippen molar-refractivity contribution in [2.45, 2.75) is 297 Å². The highest BCUT2D eigenvalue weighted by molar-refractivity contribution is 5.71. The lowest BCUT2D eigenvalue weighted by molar-refractivity contribution is -0.166. The molecule has 0 aliphatic heterocycles. The predicted octanol–water partition coefficient (Wildman–Crippen LogP) is 21.4. The largest absolute Gasteiger partial charge is 0.462 e. The third-order valence-electron chi connectivity index (χ3n) is 13.2. The normalized spacial score (nSPS) is 12.8. The van der Waals surface area contributed by atoms with Gasteiger partial charge in [0.05, 0.1) is 0 Å². The summed E-state index contributed by atoms with van der Waals surface area (Å²) in [4.78, 5) is 38.3. The first kappa shape index (κ1) is 71.1. The van der Waals surface area contributed by atoms with E-state index < -0.39 is 6.10 Å². The SMILES string of the molecule is CC/C=C/C/C=C/C/C=C/C/C=C/C/C=C/C/C=C/CCC(=O)OC[C@@H](COC(=O)CCCCCCCCCCC/C=C/CCCCCCCC)OC(=O)CCCCCCCCCCC/C=C/C/C=C/CCCCC. The molecule has 0 N–H and O–H groups in total. The molecule has 6 heteroatoms. The van der Waals surface area contributed by atoms with Crippen LogP contribution in [0.2, 0.25) is 0 Å². The summed E-state index contributed by atoms with van der Waals surface area (Å²) in [5.41, 5.74) is 0. The van der Waals surface area contributed by atoms with Gasteiger partial charge in [-0.25, -0.2) is 0 Å². The zero-order valence-electron chi connectivity index (χ0n) is 49.0. The molecule has 0 amide bonds. The molecule has 0 unspecified atom stereocenters. The van der Waals surface area contributed by atoms with Gasteiger partial charge >= 0.3 is 17.9 Å². The zero-order valence-corrected chi connectivity index (χ0v) is 49.0. The van der Waals surface area contributed by atoms with Crippen molar-refractivity contribution in [3.05, 3.63) is 109 Å². The highest BCUT2D eigenvalue weighted by Gasteiger charge is 2.19. The lowest BCUT2D eigenvalue weighted by Crippen LogP contribution is -2.30. The van der Waals surface area contributed by atoms with Crippen LogP contribution in [0.1, 0.15) is 290 Å². The van der Waals surface area contributed by atoms with Crippen molar-refractivity contribution in [3.8, 4) is 0 Å². The maximum Gasteiger partial charge on any atom is 0.306 e. The Morgan fingerprint density at radius 1 is 0.280 bits per heavy atom. The first-order valence-corrected chi connectivity index (χ1v) is 31.4. The molecular weight excluding hydrogens is 925 g/mol. The van der Waals surface area contributed by atoms with E-state index in [0.717, 1.165) is 83.5 Å². The number of hydrogen-bond donors (Lipinski definition) is 0. The van der Waals surface area contributed by atoms with Crippen LogP contribution in [0, 0.1) is 0 Å². The number of unbranched alkanes of at least 4 members (excludes halogenated alkanes) is 27. The predicted molar refractivity (Wildman–Crippen MR) is 325 cm³/mol. The summed E-state index contributed by atoms with van der Waals surface area (Å²) in [7, 11) is 0. The van der Waals surface area contributed by atoms with Crippen LogP contribution in [0.5, 0.6) is 0 Å². The molecule has 0 rings (SSSR count). The van der Waals surface area contributed by atoms with Gasteiger partial charge in [-0.05, 0) is 116 Å². The Balaban J connectivity index is 4.49. The monoisotopic (exact) mass is 1040 g/mol.